The van der Waals surface area contributed by atoms with Crippen LogP contribution < -0.4 is 20.6 Å². The Labute approximate surface area is 198 Å². The first-order valence-electron chi connectivity index (χ1n) is 11.5. The number of allylic oxidation sites excluding steroid dienone is 1. The van der Waals surface area contributed by atoms with Gasteiger partial charge in [0, 0.05) is 25.2 Å². The maximum atomic E-state index is 13.0. The standard InChI is InChI=1S/C25H29N5O4/c1-2-12-30-25(31)29(17-27-30)22-9-5-4-8-21(22)28-13-11-26-14-23(28)20-7-3-6-10-24(20)33-16-19-15-32-18-34-19/h2-10,17,19,23,26H,1,11-16,18H2. The molecule has 178 valence electrons. The van der Waals surface area contributed by atoms with E-state index in [4.69, 9.17) is 14.2 Å². The molecule has 1 N–H and O–H groups in total. The first-order chi connectivity index (χ1) is 16.8. The number of hydrogen-bond acceptors (Lipinski definition) is 7. The number of anilines is 1. The van der Waals surface area contributed by atoms with Crippen LogP contribution >= 0.6 is 0 Å². The molecule has 0 radical (unpaired) electrons. The maximum Gasteiger partial charge on any atom is 0.350 e. The lowest BCUT2D eigenvalue weighted by molar-refractivity contribution is 0.0318. The summed E-state index contributed by atoms with van der Waals surface area (Å²) in [7, 11) is 0. The van der Waals surface area contributed by atoms with Gasteiger partial charge in [0.25, 0.3) is 0 Å². The molecular weight excluding hydrogens is 434 g/mol. The van der Waals surface area contributed by atoms with Crippen molar-refractivity contribution in [3.05, 3.63) is 83.6 Å². The molecule has 9 heteroatoms. The van der Waals surface area contributed by atoms with Crippen molar-refractivity contribution in [3.8, 4) is 11.4 Å². The van der Waals surface area contributed by atoms with Gasteiger partial charge in [-0.2, -0.15) is 5.10 Å². The van der Waals surface area contributed by atoms with Crippen LogP contribution in [-0.2, 0) is 16.0 Å². The van der Waals surface area contributed by atoms with E-state index < -0.39 is 0 Å². The summed E-state index contributed by atoms with van der Waals surface area (Å²) in [5.41, 5.74) is 2.65. The molecule has 9 nitrogen and oxygen atoms in total. The summed E-state index contributed by atoms with van der Waals surface area (Å²) >= 11 is 0. The van der Waals surface area contributed by atoms with Gasteiger partial charge in [-0.3, -0.25) is 0 Å². The number of hydrogen-bond donors (Lipinski definition) is 1. The second kappa shape index (κ2) is 10.3. The molecule has 3 heterocycles. The highest BCUT2D eigenvalue weighted by molar-refractivity contribution is 5.64. The van der Waals surface area contributed by atoms with Crippen LogP contribution in [0.2, 0.25) is 0 Å². The van der Waals surface area contributed by atoms with E-state index in [1.165, 1.54) is 4.68 Å². The number of para-hydroxylation sites is 3. The van der Waals surface area contributed by atoms with Crippen molar-refractivity contribution in [1.29, 1.82) is 0 Å². The Kier molecular flexibility index (Phi) is 6.75. The Morgan fingerprint density at radius 3 is 2.82 bits per heavy atom. The molecule has 0 bridgehead atoms. The predicted molar refractivity (Wildman–Crippen MR) is 129 cm³/mol. The number of nitrogens with zero attached hydrogens (tertiary/aromatic N) is 4. The zero-order valence-electron chi connectivity index (χ0n) is 19.0. The summed E-state index contributed by atoms with van der Waals surface area (Å²) in [5.74, 6) is 0.824. The number of piperazine rings is 1. The summed E-state index contributed by atoms with van der Waals surface area (Å²) in [6, 6.07) is 16.1. The third-order valence-electron chi connectivity index (χ3n) is 6.12. The molecule has 2 atom stereocenters. The molecule has 34 heavy (non-hydrogen) atoms. The predicted octanol–water partition coefficient (Wildman–Crippen LogP) is 2.12. The second-order valence-corrected chi connectivity index (χ2v) is 8.28. The van der Waals surface area contributed by atoms with Crippen molar-refractivity contribution in [2.24, 2.45) is 0 Å². The van der Waals surface area contributed by atoms with E-state index in [-0.39, 0.29) is 17.8 Å². The highest BCUT2D eigenvalue weighted by Crippen LogP contribution is 2.36. The third-order valence-corrected chi connectivity index (χ3v) is 6.12. The van der Waals surface area contributed by atoms with Gasteiger partial charge >= 0.3 is 5.69 Å². The molecular formula is C25H29N5O4. The van der Waals surface area contributed by atoms with Crippen LogP contribution in [0.3, 0.4) is 0 Å². The van der Waals surface area contributed by atoms with Crippen LogP contribution in [0.5, 0.6) is 5.75 Å². The first-order valence-corrected chi connectivity index (χ1v) is 11.5. The van der Waals surface area contributed by atoms with E-state index in [0.717, 1.165) is 42.3 Å². The summed E-state index contributed by atoms with van der Waals surface area (Å²) in [5, 5.41) is 7.76. The number of rotatable bonds is 8. The topological polar surface area (TPSA) is 82.8 Å². The van der Waals surface area contributed by atoms with Crippen molar-refractivity contribution in [3.63, 3.8) is 0 Å². The van der Waals surface area contributed by atoms with Gasteiger partial charge in [-0.25, -0.2) is 14.0 Å². The van der Waals surface area contributed by atoms with Gasteiger partial charge in [0.05, 0.1) is 30.6 Å². The Bertz CT molecular complexity index is 1180. The van der Waals surface area contributed by atoms with E-state index in [1.54, 1.807) is 17.0 Å². The highest BCUT2D eigenvalue weighted by atomic mass is 16.7. The van der Waals surface area contributed by atoms with E-state index >= 15 is 0 Å². The van der Waals surface area contributed by atoms with Crippen molar-refractivity contribution >= 4 is 5.69 Å². The van der Waals surface area contributed by atoms with Crippen LogP contribution in [0.4, 0.5) is 5.69 Å². The molecule has 1 aromatic heterocycles. The number of nitrogens with one attached hydrogen (secondary N) is 1. The summed E-state index contributed by atoms with van der Waals surface area (Å²) < 4.78 is 20.0. The van der Waals surface area contributed by atoms with Gasteiger partial charge in [-0.1, -0.05) is 36.4 Å². The van der Waals surface area contributed by atoms with Gasteiger partial charge in [0.1, 0.15) is 31.6 Å². The number of ether oxygens (including phenoxy) is 3. The van der Waals surface area contributed by atoms with Gasteiger partial charge in [0.15, 0.2) is 0 Å². The Morgan fingerprint density at radius 2 is 2.00 bits per heavy atom. The zero-order chi connectivity index (χ0) is 23.3. The van der Waals surface area contributed by atoms with E-state index in [9.17, 15) is 4.79 Å². The van der Waals surface area contributed by atoms with Crippen LogP contribution in [0.15, 0.2) is 72.3 Å². The minimum absolute atomic E-state index is 0.0192. The third kappa shape index (κ3) is 4.50. The fraction of sp³-hybridized carbons (Fsp3) is 0.360. The van der Waals surface area contributed by atoms with Crippen LogP contribution in [-0.4, -0.2) is 60.1 Å². The molecule has 2 saturated heterocycles. The van der Waals surface area contributed by atoms with Crippen LogP contribution in [0.25, 0.3) is 5.69 Å². The van der Waals surface area contributed by atoms with Gasteiger partial charge < -0.3 is 24.4 Å². The van der Waals surface area contributed by atoms with Crippen LogP contribution in [0, 0.1) is 0 Å². The molecule has 5 rings (SSSR count). The lowest BCUT2D eigenvalue weighted by Gasteiger charge is -2.39. The molecule has 2 aliphatic rings. The zero-order valence-corrected chi connectivity index (χ0v) is 19.0. The van der Waals surface area contributed by atoms with Crippen molar-refractivity contribution in [1.82, 2.24) is 19.7 Å². The van der Waals surface area contributed by atoms with E-state index in [2.05, 4.69) is 34.0 Å². The smallest absolute Gasteiger partial charge is 0.350 e. The van der Waals surface area contributed by atoms with Crippen molar-refractivity contribution < 1.29 is 14.2 Å². The lowest BCUT2D eigenvalue weighted by Crippen LogP contribution is -2.46. The van der Waals surface area contributed by atoms with Crippen LogP contribution in [0.1, 0.15) is 11.6 Å². The molecule has 2 aliphatic heterocycles. The second-order valence-electron chi connectivity index (χ2n) is 8.28. The van der Waals surface area contributed by atoms with E-state index in [0.29, 0.717) is 26.6 Å². The number of benzene rings is 2. The Hall–Kier alpha value is -3.40. The molecule has 2 fully saturated rings. The average Bonchev–Trinajstić information content (AvgIpc) is 3.53. The minimum atomic E-state index is -0.193. The Balaban J connectivity index is 1.48. The van der Waals surface area contributed by atoms with Gasteiger partial charge in [-0.15, -0.1) is 6.58 Å². The molecule has 2 unspecified atom stereocenters. The molecule has 0 saturated carbocycles. The molecule has 3 aromatic rings. The molecule has 2 aromatic carbocycles. The molecule has 0 spiro atoms. The van der Waals surface area contributed by atoms with Crippen molar-refractivity contribution in [2.45, 2.75) is 18.7 Å². The van der Waals surface area contributed by atoms with Gasteiger partial charge in [0.2, 0.25) is 0 Å². The monoisotopic (exact) mass is 463 g/mol. The molecule has 0 aliphatic carbocycles. The largest absolute Gasteiger partial charge is 0.490 e. The maximum absolute atomic E-state index is 13.0. The SMILES string of the molecule is C=CCn1ncn(-c2ccccc2N2CCNCC2c2ccccc2OCC2COCO2)c1=O. The van der Waals surface area contributed by atoms with Crippen molar-refractivity contribution in [2.75, 3.05) is 44.5 Å². The summed E-state index contributed by atoms with van der Waals surface area (Å²) in [4.78, 5) is 15.3. The quantitative estimate of drug-likeness (QED) is 0.513. The highest BCUT2D eigenvalue weighted by Gasteiger charge is 2.29. The summed E-state index contributed by atoms with van der Waals surface area (Å²) in [6.45, 7) is 7.75. The first kappa shape index (κ1) is 22.4. The average molecular weight is 464 g/mol. The molecule has 0 amide bonds. The number of aromatic nitrogens is 3. The van der Waals surface area contributed by atoms with Gasteiger partial charge in [-0.05, 0) is 18.2 Å². The van der Waals surface area contributed by atoms with E-state index in [1.807, 2.05) is 36.4 Å². The lowest BCUT2D eigenvalue weighted by atomic mass is 10.0. The Morgan fingerprint density at radius 1 is 1.18 bits per heavy atom. The fourth-order valence-electron chi connectivity index (χ4n) is 4.47. The summed E-state index contributed by atoms with van der Waals surface area (Å²) in [6.07, 6.45) is 3.17. The minimum Gasteiger partial charge on any atom is -0.490 e. The fourth-order valence-corrected chi connectivity index (χ4v) is 4.47. The normalized spacial score (nSPS) is 20.4.